The third kappa shape index (κ3) is 6.95. The summed E-state index contributed by atoms with van der Waals surface area (Å²) in [6.07, 6.45) is 1.46. The second-order valence-electron chi connectivity index (χ2n) is 7.45. The van der Waals surface area contributed by atoms with Crippen molar-refractivity contribution in [3.05, 3.63) is 65.5 Å². The number of carbonyl (C=O) groups is 2. The van der Waals surface area contributed by atoms with E-state index in [1.54, 1.807) is 6.07 Å². The summed E-state index contributed by atoms with van der Waals surface area (Å²) in [7, 11) is -4.10. The van der Waals surface area contributed by atoms with E-state index in [0.717, 1.165) is 23.3 Å². The molecule has 7 nitrogen and oxygen atoms in total. The number of nitrogens with one attached hydrogen (secondary N) is 1. The molecule has 2 aromatic carbocycles. The van der Waals surface area contributed by atoms with Crippen molar-refractivity contribution in [2.45, 2.75) is 32.9 Å². The van der Waals surface area contributed by atoms with E-state index in [9.17, 15) is 31.2 Å². The number of hydrogen-bond acceptors (Lipinski definition) is 4. The van der Waals surface area contributed by atoms with Crippen LogP contribution in [-0.4, -0.2) is 50.5 Å². The van der Waals surface area contributed by atoms with E-state index in [-0.39, 0.29) is 17.8 Å². The quantitative estimate of drug-likeness (QED) is 0.561. The van der Waals surface area contributed by atoms with Crippen LogP contribution < -0.4 is 9.62 Å². The molecule has 33 heavy (non-hydrogen) atoms. The molecule has 2 aromatic rings. The maximum atomic E-state index is 14.3. The molecule has 0 radical (unpaired) electrons. The molecule has 1 unspecified atom stereocenters. The maximum Gasteiger partial charge on any atom is 0.244 e. The summed E-state index contributed by atoms with van der Waals surface area (Å²) in [4.78, 5) is 26.8. The maximum absolute atomic E-state index is 14.3. The Morgan fingerprint density at radius 2 is 1.70 bits per heavy atom. The molecule has 1 atom stereocenters. The standard InChI is InChI=1S/C22H26F3N3O4S/c1-4-11-26-22(30)15(2)27(13-16-7-5-6-8-18(16)23)21(29)14-28(33(3,31)32)17-9-10-19(24)20(25)12-17/h5-10,12,15H,4,11,13-14H2,1-3H3,(H,26,30). The molecule has 180 valence electrons. The molecule has 0 saturated carbocycles. The minimum absolute atomic E-state index is 0.125. The fourth-order valence-corrected chi connectivity index (χ4v) is 3.88. The number of amides is 2. The van der Waals surface area contributed by atoms with Crippen molar-refractivity contribution in [1.29, 1.82) is 0 Å². The SMILES string of the molecule is CCCNC(=O)C(C)N(Cc1ccccc1F)C(=O)CN(c1ccc(F)c(F)c1)S(C)(=O)=O. The van der Waals surface area contributed by atoms with Crippen LogP contribution in [0.1, 0.15) is 25.8 Å². The highest BCUT2D eigenvalue weighted by atomic mass is 32.2. The molecule has 1 N–H and O–H groups in total. The van der Waals surface area contributed by atoms with Crippen LogP contribution in [0.25, 0.3) is 0 Å². The molecule has 0 bridgehead atoms. The summed E-state index contributed by atoms with van der Waals surface area (Å²) >= 11 is 0. The van der Waals surface area contributed by atoms with Gasteiger partial charge in [0.2, 0.25) is 21.8 Å². The molecule has 11 heteroatoms. The Morgan fingerprint density at radius 1 is 1.03 bits per heavy atom. The first-order valence-electron chi connectivity index (χ1n) is 10.2. The number of rotatable bonds is 10. The fourth-order valence-electron chi connectivity index (χ4n) is 3.04. The van der Waals surface area contributed by atoms with Gasteiger partial charge < -0.3 is 10.2 Å². The largest absolute Gasteiger partial charge is 0.354 e. The van der Waals surface area contributed by atoms with Gasteiger partial charge in [-0.15, -0.1) is 0 Å². The molecule has 2 amide bonds. The minimum Gasteiger partial charge on any atom is -0.354 e. The Bertz CT molecular complexity index is 1110. The lowest BCUT2D eigenvalue weighted by molar-refractivity contribution is -0.139. The number of nitrogens with zero attached hydrogens (tertiary/aromatic N) is 2. The number of benzene rings is 2. The Hall–Kier alpha value is -3.08. The van der Waals surface area contributed by atoms with Crippen molar-refractivity contribution in [3.8, 4) is 0 Å². The Balaban J connectivity index is 2.40. The van der Waals surface area contributed by atoms with Gasteiger partial charge in [0.05, 0.1) is 11.9 Å². The highest BCUT2D eigenvalue weighted by molar-refractivity contribution is 7.92. The first kappa shape index (κ1) is 26.2. The predicted molar refractivity (Wildman–Crippen MR) is 118 cm³/mol. The summed E-state index contributed by atoms with van der Waals surface area (Å²) in [6, 6.07) is 7.03. The molecule has 0 spiro atoms. The zero-order chi connectivity index (χ0) is 24.8. The lowest BCUT2D eigenvalue weighted by Crippen LogP contribution is -2.51. The van der Waals surface area contributed by atoms with E-state index in [4.69, 9.17) is 0 Å². The van der Waals surface area contributed by atoms with Gasteiger partial charge >= 0.3 is 0 Å². The van der Waals surface area contributed by atoms with Crippen molar-refractivity contribution >= 4 is 27.5 Å². The van der Waals surface area contributed by atoms with Crippen LogP contribution in [0.15, 0.2) is 42.5 Å². The van der Waals surface area contributed by atoms with Gasteiger partial charge in [-0.3, -0.25) is 13.9 Å². The fraction of sp³-hybridized carbons (Fsp3) is 0.364. The van der Waals surface area contributed by atoms with Crippen LogP contribution >= 0.6 is 0 Å². The Labute approximate surface area is 191 Å². The molecule has 2 rings (SSSR count). The molecular formula is C22H26F3N3O4S. The van der Waals surface area contributed by atoms with Crippen molar-refractivity contribution in [2.75, 3.05) is 23.7 Å². The van der Waals surface area contributed by atoms with Crippen molar-refractivity contribution in [1.82, 2.24) is 10.2 Å². The van der Waals surface area contributed by atoms with E-state index in [1.165, 1.54) is 25.1 Å². The summed E-state index contributed by atoms with van der Waals surface area (Å²) in [5, 5.41) is 2.65. The van der Waals surface area contributed by atoms with Gasteiger partial charge in [0.1, 0.15) is 18.4 Å². The van der Waals surface area contributed by atoms with Crippen LogP contribution in [0, 0.1) is 17.5 Å². The number of hydrogen-bond donors (Lipinski definition) is 1. The Kier molecular flexibility index (Phi) is 8.86. The van der Waals surface area contributed by atoms with Gasteiger partial charge in [-0.1, -0.05) is 25.1 Å². The molecule has 0 aliphatic carbocycles. The lowest BCUT2D eigenvalue weighted by Gasteiger charge is -2.31. The Morgan fingerprint density at radius 3 is 2.27 bits per heavy atom. The van der Waals surface area contributed by atoms with Crippen LogP contribution in [0.2, 0.25) is 0 Å². The van der Waals surface area contributed by atoms with E-state index < -0.39 is 51.9 Å². The summed E-state index contributed by atoms with van der Waals surface area (Å²) in [5.41, 5.74) is -0.140. The third-order valence-corrected chi connectivity index (χ3v) is 6.03. The van der Waals surface area contributed by atoms with Gasteiger partial charge in [0.15, 0.2) is 11.6 Å². The van der Waals surface area contributed by atoms with Crippen LogP contribution in [-0.2, 0) is 26.2 Å². The molecule has 0 fully saturated rings. The molecule has 0 heterocycles. The number of carbonyl (C=O) groups excluding carboxylic acids is 2. The van der Waals surface area contributed by atoms with E-state index in [1.807, 2.05) is 6.92 Å². The number of anilines is 1. The number of halogens is 3. The normalized spacial score (nSPS) is 12.2. The van der Waals surface area contributed by atoms with Crippen LogP contribution in [0.5, 0.6) is 0 Å². The second kappa shape index (κ2) is 11.2. The summed E-state index contributed by atoms with van der Waals surface area (Å²) in [5.74, 6) is -4.39. The van der Waals surface area contributed by atoms with Gasteiger partial charge in [-0.2, -0.15) is 0 Å². The van der Waals surface area contributed by atoms with E-state index >= 15 is 0 Å². The first-order valence-corrected chi connectivity index (χ1v) is 12.0. The average Bonchev–Trinajstić information content (AvgIpc) is 2.75. The molecule has 0 aliphatic rings. The highest BCUT2D eigenvalue weighted by Gasteiger charge is 2.30. The topological polar surface area (TPSA) is 86.8 Å². The zero-order valence-electron chi connectivity index (χ0n) is 18.5. The molecule has 0 aliphatic heterocycles. The van der Waals surface area contributed by atoms with Crippen molar-refractivity contribution in [3.63, 3.8) is 0 Å². The second-order valence-corrected chi connectivity index (χ2v) is 9.35. The first-order chi connectivity index (χ1) is 15.5. The zero-order valence-corrected chi connectivity index (χ0v) is 19.3. The van der Waals surface area contributed by atoms with Gasteiger partial charge in [0.25, 0.3) is 0 Å². The number of sulfonamides is 1. The third-order valence-electron chi connectivity index (χ3n) is 4.89. The van der Waals surface area contributed by atoms with Crippen LogP contribution in [0.4, 0.5) is 18.9 Å². The van der Waals surface area contributed by atoms with Crippen molar-refractivity contribution < 1.29 is 31.2 Å². The summed E-state index contributed by atoms with van der Waals surface area (Å²) in [6.45, 7) is 2.53. The minimum atomic E-state index is -4.10. The summed E-state index contributed by atoms with van der Waals surface area (Å²) < 4.78 is 66.6. The molecule has 0 saturated heterocycles. The smallest absolute Gasteiger partial charge is 0.244 e. The average molecular weight is 486 g/mol. The van der Waals surface area contributed by atoms with Crippen LogP contribution in [0.3, 0.4) is 0 Å². The van der Waals surface area contributed by atoms with Gasteiger partial charge in [-0.25, -0.2) is 21.6 Å². The van der Waals surface area contributed by atoms with Gasteiger partial charge in [0, 0.05) is 24.7 Å². The van der Waals surface area contributed by atoms with Gasteiger partial charge in [-0.05, 0) is 31.5 Å². The molecular weight excluding hydrogens is 459 g/mol. The monoisotopic (exact) mass is 485 g/mol. The van der Waals surface area contributed by atoms with E-state index in [2.05, 4.69) is 5.32 Å². The van der Waals surface area contributed by atoms with E-state index in [0.29, 0.717) is 23.3 Å². The highest BCUT2D eigenvalue weighted by Crippen LogP contribution is 2.22. The lowest BCUT2D eigenvalue weighted by atomic mass is 10.1. The molecule has 0 aromatic heterocycles. The predicted octanol–water partition coefficient (Wildman–Crippen LogP) is 2.81. The van der Waals surface area contributed by atoms with Crippen molar-refractivity contribution in [2.24, 2.45) is 0 Å².